The van der Waals surface area contributed by atoms with Crippen molar-refractivity contribution in [2.45, 2.75) is 19.3 Å². The van der Waals surface area contributed by atoms with Gasteiger partial charge < -0.3 is 9.47 Å². The van der Waals surface area contributed by atoms with Crippen LogP contribution in [0, 0.1) is 0 Å². The first kappa shape index (κ1) is 35.8. The summed E-state index contributed by atoms with van der Waals surface area (Å²) < 4.78 is 4.50. The molecule has 0 fully saturated rings. The number of anilines is 3. The van der Waals surface area contributed by atoms with Gasteiger partial charge in [0.15, 0.2) is 11.6 Å². The topological polar surface area (TPSA) is 51.8 Å². The standard InChI is InChI=1S/C56H40N6/c1-56(2)48-26-16-15-25-43(48)44-29-27-42(36-49(44)56)61(40-23-13-6-14-24-40)41-28-31-51-47(35-41)45-30-32-50-46(33-34-60(50)39-21-11-5-12-22-39)52(45)62(51)55-58-53(37-17-7-3-8-18-37)57-54(59-55)38-19-9-4-10-20-38/h3-36H,1-2H3. The third-order valence-corrected chi connectivity index (χ3v) is 12.6. The summed E-state index contributed by atoms with van der Waals surface area (Å²) in [5.74, 6) is 1.80. The highest BCUT2D eigenvalue weighted by Crippen LogP contribution is 2.51. The molecule has 1 aliphatic rings. The Morgan fingerprint density at radius 1 is 0.435 bits per heavy atom. The fraction of sp³-hybridized carbons (Fsp3) is 0.0536. The van der Waals surface area contributed by atoms with Gasteiger partial charge in [0, 0.05) is 61.6 Å². The molecule has 0 N–H and O–H groups in total. The van der Waals surface area contributed by atoms with Crippen LogP contribution in [0.3, 0.4) is 0 Å². The van der Waals surface area contributed by atoms with Crippen LogP contribution >= 0.6 is 0 Å². The molecule has 0 aliphatic heterocycles. The van der Waals surface area contributed by atoms with Crippen LogP contribution in [0.5, 0.6) is 0 Å². The second-order valence-corrected chi connectivity index (χ2v) is 16.5. The summed E-state index contributed by atoms with van der Waals surface area (Å²) >= 11 is 0. The van der Waals surface area contributed by atoms with Crippen molar-refractivity contribution in [3.8, 4) is 45.5 Å². The Hall–Kier alpha value is -8.09. The largest absolute Gasteiger partial charge is 0.316 e. The van der Waals surface area contributed by atoms with Crippen molar-refractivity contribution in [2.24, 2.45) is 0 Å². The van der Waals surface area contributed by atoms with Gasteiger partial charge in [0.2, 0.25) is 5.95 Å². The first-order valence-corrected chi connectivity index (χ1v) is 21.1. The molecule has 0 saturated carbocycles. The maximum atomic E-state index is 5.28. The number of hydrogen-bond donors (Lipinski definition) is 0. The van der Waals surface area contributed by atoms with Crippen molar-refractivity contribution >= 4 is 49.8 Å². The molecule has 62 heavy (non-hydrogen) atoms. The number of para-hydroxylation sites is 2. The molecule has 3 aromatic heterocycles. The minimum atomic E-state index is -0.134. The van der Waals surface area contributed by atoms with Gasteiger partial charge in [0.1, 0.15) is 0 Å². The Labute approximate surface area is 359 Å². The molecule has 0 amide bonds. The molecule has 294 valence electrons. The van der Waals surface area contributed by atoms with E-state index in [1.807, 2.05) is 36.4 Å². The molecular formula is C56H40N6. The first-order valence-electron chi connectivity index (χ1n) is 21.1. The van der Waals surface area contributed by atoms with Gasteiger partial charge in [0.25, 0.3) is 0 Å². The number of fused-ring (bicyclic) bond motifs is 8. The minimum absolute atomic E-state index is 0.134. The summed E-state index contributed by atoms with van der Waals surface area (Å²) in [4.78, 5) is 18.0. The summed E-state index contributed by atoms with van der Waals surface area (Å²) in [6.45, 7) is 4.68. The van der Waals surface area contributed by atoms with Crippen molar-refractivity contribution < 1.29 is 0 Å². The molecule has 0 unspecified atom stereocenters. The van der Waals surface area contributed by atoms with E-state index in [-0.39, 0.29) is 5.41 Å². The maximum absolute atomic E-state index is 5.28. The SMILES string of the molecule is CC1(C)c2ccccc2-c2ccc(N(c3ccccc3)c3ccc4c(c3)c3ccc5c(ccn5-c5ccccc5)c3n4-c3nc(-c4ccccc4)nc(-c4ccccc4)n3)cc21. The van der Waals surface area contributed by atoms with Gasteiger partial charge >= 0.3 is 0 Å². The van der Waals surface area contributed by atoms with E-state index in [0.29, 0.717) is 17.6 Å². The zero-order chi connectivity index (χ0) is 41.4. The van der Waals surface area contributed by atoms with Crippen LogP contribution in [0.4, 0.5) is 17.1 Å². The third-order valence-electron chi connectivity index (χ3n) is 12.6. The summed E-state index contributed by atoms with van der Waals surface area (Å²) in [7, 11) is 0. The van der Waals surface area contributed by atoms with Crippen molar-refractivity contribution in [2.75, 3.05) is 4.90 Å². The number of nitrogens with zero attached hydrogens (tertiary/aromatic N) is 6. The molecule has 12 rings (SSSR count). The van der Waals surface area contributed by atoms with E-state index in [9.17, 15) is 0 Å². The average Bonchev–Trinajstić information content (AvgIpc) is 3.98. The zero-order valence-electron chi connectivity index (χ0n) is 34.3. The minimum Gasteiger partial charge on any atom is -0.316 e. The Morgan fingerprint density at radius 3 is 1.73 bits per heavy atom. The number of hydrogen-bond acceptors (Lipinski definition) is 4. The average molecular weight is 797 g/mol. The molecule has 0 bridgehead atoms. The van der Waals surface area contributed by atoms with E-state index in [4.69, 9.17) is 15.0 Å². The van der Waals surface area contributed by atoms with E-state index in [1.54, 1.807) is 0 Å². The summed E-state index contributed by atoms with van der Waals surface area (Å²) in [6.07, 6.45) is 2.16. The lowest BCUT2D eigenvalue weighted by atomic mass is 9.82. The lowest BCUT2D eigenvalue weighted by Crippen LogP contribution is -2.16. The smallest absolute Gasteiger partial charge is 0.238 e. The predicted molar refractivity (Wildman–Crippen MR) is 254 cm³/mol. The van der Waals surface area contributed by atoms with Gasteiger partial charge in [-0.1, -0.05) is 147 Å². The summed E-state index contributed by atoms with van der Waals surface area (Å²) in [5, 5.41) is 3.32. The van der Waals surface area contributed by atoms with Crippen LogP contribution in [0.15, 0.2) is 206 Å². The molecular weight excluding hydrogens is 757 g/mol. The van der Waals surface area contributed by atoms with Crippen molar-refractivity contribution in [1.29, 1.82) is 0 Å². The molecule has 3 heterocycles. The van der Waals surface area contributed by atoms with Crippen LogP contribution in [0.2, 0.25) is 0 Å². The molecule has 0 radical (unpaired) electrons. The highest BCUT2D eigenvalue weighted by Gasteiger charge is 2.36. The fourth-order valence-corrected chi connectivity index (χ4v) is 9.63. The van der Waals surface area contributed by atoms with E-state index in [2.05, 4.69) is 198 Å². The Morgan fingerprint density at radius 2 is 1.02 bits per heavy atom. The second-order valence-electron chi connectivity index (χ2n) is 16.5. The maximum Gasteiger partial charge on any atom is 0.238 e. The Kier molecular flexibility index (Phi) is 8.09. The molecule has 6 heteroatoms. The lowest BCUT2D eigenvalue weighted by molar-refractivity contribution is 0.660. The van der Waals surface area contributed by atoms with E-state index < -0.39 is 0 Å². The normalized spacial score (nSPS) is 12.8. The van der Waals surface area contributed by atoms with Gasteiger partial charge in [-0.25, -0.2) is 4.98 Å². The zero-order valence-corrected chi connectivity index (χ0v) is 34.3. The molecule has 1 aliphatic carbocycles. The molecule has 6 nitrogen and oxygen atoms in total. The van der Waals surface area contributed by atoms with Gasteiger partial charge in [-0.05, 0) is 89.0 Å². The monoisotopic (exact) mass is 796 g/mol. The van der Waals surface area contributed by atoms with Crippen LogP contribution < -0.4 is 4.90 Å². The van der Waals surface area contributed by atoms with Crippen LogP contribution in [-0.2, 0) is 5.41 Å². The first-order chi connectivity index (χ1) is 30.5. The van der Waals surface area contributed by atoms with Crippen LogP contribution in [-0.4, -0.2) is 24.1 Å². The Bertz CT molecular complexity index is 3420. The highest BCUT2D eigenvalue weighted by atomic mass is 15.2. The summed E-state index contributed by atoms with van der Waals surface area (Å²) in [5.41, 5.74) is 14.5. The molecule has 0 spiro atoms. The van der Waals surface area contributed by atoms with Crippen molar-refractivity contribution in [1.82, 2.24) is 24.1 Å². The van der Waals surface area contributed by atoms with E-state index >= 15 is 0 Å². The fourth-order valence-electron chi connectivity index (χ4n) is 9.63. The predicted octanol–water partition coefficient (Wildman–Crippen LogP) is 14.0. The lowest BCUT2D eigenvalue weighted by Gasteiger charge is -2.28. The van der Waals surface area contributed by atoms with Crippen molar-refractivity contribution in [3.63, 3.8) is 0 Å². The quantitative estimate of drug-likeness (QED) is 0.161. The number of aromatic nitrogens is 5. The summed E-state index contributed by atoms with van der Waals surface area (Å²) in [6, 6.07) is 70.9. The molecule has 0 saturated heterocycles. The van der Waals surface area contributed by atoms with E-state index in [0.717, 1.165) is 66.6 Å². The van der Waals surface area contributed by atoms with Crippen molar-refractivity contribution in [3.05, 3.63) is 218 Å². The van der Waals surface area contributed by atoms with Gasteiger partial charge in [-0.3, -0.25) is 4.57 Å². The number of benzene rings is 8. The van der Waals surface area contributed by atoms with Crippen LogP contribution in [0.1, 0.15) is 25.0 Å². The van der Waals surface area contributed by atoms with Gasteiger partial charge in [-0.2, -0.15) is 9.97 Å². The molecule has 11 aromatic rings. The second kappa shape index (κ2) is 14.0. The van der Waals surface area contributed by atoms with Crippen LogP contribution in [0.25, 0.3) is 78.2 Å². The molecule has 0 atom stereocenters. The van der Waals surface area contributed by atoms with Gasteiger partial charge in [0.05, 0.1) is 16.6 Å². The number of rotatable bonds is 7. The van der Waals surface area contributed by atoms with E-state index in [1.165, 1.54) is 22.3 Å². The van der Waals surface area contributed by atoms with Gasteiger partial charge in [-0.15, -0.1) is 0 Å². The highest BCUT2D eigenvalue weighted by molar-refractivity contribution is 6.19. The molecule has 8 aromatic carbocycles. The third kappa shape index (κ3) is 5.61. The Balaban J connectivity index is 1.12.